The highest BCUT2D eigenvalue weighted by Crippen LogP contribution is 2.38. The molecule has 0 radical (unpaired) electrons. The van der Waals surface area contributed by atoms with Crippen LogP contribution in [-0.2, 0) is 22.6 Å². The highest BCUT2D eigenvalue weighted by atomic mass is 35.5. The van der Waals surface area contributed by atoms with E-state index >= 15 is 0 Å². The van der Waals surface area contributed by atoms with Gasteiger partial charge in [-0.25, -0.2) is 0 Å². The van der Waals surface area contributed by atoms with E-state index in [0.717, 1.165) is 11.1 Å². The highest BCUT2D eigenvalue weighted by Gasteiger charge is 2.31. The average Bonchev–Trinajstić information content (AvgIpc) is 2.68. The Morgan fingerprint density at radius 1 is 1.14 bits per heavy atom. The number of anilines is 1. The number of halogens is 1. The van der Waals surface area contributed by atoms with Crippen LogP contribution in [0.3, 0.4) is 0 Å². The lowest BCUT2D eigenvalue weighted by atomic mass is 9.93. The van der Waals surface area contributed by atoms with Gasteiger partial charge in [0.1, 0.15) is 13.2 Å². The molecule has 0 saturated heterocycles. The Labute approximate surface area is 167 Å². The van der Waals surface area contributed by atoms with E-state index in [-0.39, 0.29) is 12.5 Å². The predicted molar refractivity (Wildman–Crippen MR) is 105 cm³/mol. The van der Waals surface area contributed by atoms with Crippen molar-refractivity contribution in [3.63, 3.8) is 0 Å². The first-order valence-corrected chi connectivity index (χ1v) is 9.38. The minimum Gasteiger partial charge on any atom is -0.486 e. The number of amides is 2. The van der Waals surface area contributed by atoms with E-state index in [2.05, 4.69) is 5.32 Å². The van der Waals surface area contributed by atoms with Crippen molar-refractivity contribution in [3.05, 3.63) is 52.5 Å². The van der Waals surface area contributed by atoms with Gasteiger partial charge in [0.2, 0.25) is 11.8 Å². The molecule has 4 rings (SSSR count). The molecule has 7 nitrogen and oxygen atoms in total. The molecule has 2 aliphatic heterocycles. The lowest BCUT2D eigenvalue weighted by Crippen LogP contribution is -2.50. The van der Waals surface area contributed by atoms with Gasteiger partial charge in [-0.2, -0.15) is 0 Å². The van der Waals surface area contributed by atoms with Crippen LogP contribution in [0.5, 0.6) is 11.5 Å². The van der Waals surface area contributed by atoms with Crippen LogP contribution in [0.2, 0.25) is 5.02 Å². The minimum atomic E-state index is -0.531. The normalized spacial score (nSPS) is 18.2. The molecular formula is C20H20ClN3O4. The Hall–Kier alpha value is -2.77. The zero-order valence-corrected chi connectivity index (χ0v) is 15.9. The number of nitrogens with two attached hydrogens (primary N) is 1. The molecule has 146 valence electrons. The zero-order chi connectivity index (χ0) is 19.7. The first-order valence-electron chi connectivity index (χ1n) is 9.00. The minimum absolute atomic E-state index is 0.0205. The number of carbonyl (C=O) groups is 2. The molecule has 0 fully saturated rings. The van der Waals surface area contributed by atoms with Gasteiger partial charge < -0.3 is 20.5 Å². The summed E-state index contributed by atoms with van der Waals surface area (Å²) < 4.78 is 11.0. The Kier molecular flexibility index (Phi) is 5.11. The van der Waals surface area contributed by atoms with Gasteiger partial charge in [0.15, 0.2) is 11.5 Å². The van der Waals surface area contributed by atoms with E-state index < -0.39 is 11.9 Å². The number of hydrogen-bond donors (Lipinski definition) is 2. The maximum atomic E-state index is 12.6. The second-order valence-corrected chi connectivity index (χ2v) is 7.23. The maximum absolute atomic E-state index is 12.6. The summed E-state index contributed by atoms with van der Waals surface area (Å²) in [6.07, 6.45) is 0.490. The summed E-state index contributed by atoms with van der Waals surface area (Å²) in [4.78, 5) is 26.4. The van der Waals surface area contributed by atoms with Crippen LogP contribution in [0.4, 0.5) is 5.69 Å². The third-order valence-corrected chi connectivity index (χ3v) is 5.24. The van der Waals surface area contributed by atoms with E-state index in [0.29, 0.717) is 48.4 Å². The smallest absolute Gasteiger partial charge is 0.238 e. The van der Waals surface area contributed by atoms with Gasteiger partial charge in [0, 0.05) is 18.7 Å². The molecule has 0 bridgehead atoms. The number of rotatable bonds is 4. The number of ether oxygens (including phenoxy) is 2. The quantitative estimate of drug-likeness (QED) is 0.816. The molecule has 28 heavy (non-hydrogen) atoms. The van der Waals surface area contributed by atoms with Crippen molar-refractivity contribution in [3.8, 4) is 11.5 Å². The molecule has 2 aromatic carbocycles. The number of nitrogens with one attached hydrogen (secondary N) is 1. The van der Waals surface area contributed by atoms with E-state index in [1.807, 2.05) is 24.3 Å². The summed E-state index contributed by atoms with van der Waals surface area (Å²) in [5, 5.41) is 3.15. The molecule has 2 aromatic rings. The second kappa shape index (κ2) is 7.69. The second-order valence-electron chi connectivity index (χ2n) is 6.82. The fraction of sp³-hybridized carbons (Fsp3) is 0.300. The van der Waals surface area contributed by atoms with Crippen molar-refractivity contribution >= 4 is 29.1 Å². The van der Waals surface area contributed by atoms with Gasteiger partial charge in [-0.1, -0.05) is 35.9 Å². The molecule has 8 heteroatoms. The summed E-state index contributed by atoms with van der Waals surface area (Å²) in [7, 11) is 0. The lowest BCUT2D eigenvalue weighted by molar-refractivity contribution is -0.125. The van der Waals surface area contributed by atoms with Crippen molar-refractivity contribution < 1.29 is 19.1 Å². The molecule has 3 N–H and O–H groups in total. The molecular weight excluding hydrogens is 382 g/mol. The Balaban J connectivity index is 1.49. The summed E-state index contributed by atoms with van der Waals surface area (Å²) in [5.41, 5.74) is 8.18. The van der Waals surface area contributed by atoms with Crippen molar-refractivity contribution in [2.24, 2.45) is 5.73 Å². The van der Waals surface area contributed by atoms with Gasteiger partial charge in [-0.05, 0) is 17.5 Å². The maximum Gasteiger partial charge on any atom is 0.238 e. The number of fused-ring (bicyclic) bond motifs is 2. The van der Waals surface area contributed by atoms with E-state index in [4.69, 9.17) is 26.8 Å². The molecule has 0 saturated carbocycles. The zero-order valence-electron chi connectivity index (χ0n) is 15.1. The SMILES string of the molecule is NC(=O)[C@@H]1Cc2ccccc2CN1CC(=O)Nc1cc2c(cc1Cl)OCCO2. The van der Waals surface area contributed by atoms with Gasteiger partial charge in [0.25, 0.3) is 0 Å². The van der Waals surface area contributed by atoms with Crippen molar-refractivity contribution in [2.75, 3.05) is 25.1 Å². The molecule has 0 unspecified atom stereocenters. The third kappa shape index (κ3) is 3.76. The number of hydrogen-bond acceptors (Lipinski definition) is 5. The highest BCUT2D eigenvalue weighted by molar-refractivity contribution is 6.34. The van der Waals surface area contributed by atoms with E-state index in [1.54, 1.807) is 17.0 Å². The summed E-state index contributed by atoms with van der Waals surface area (Å²) in [6, 6.07) is 10.6. The predicted octanol–water partition coefficient (Wildman–Crippen LogP) is 1.96. The molecule has 0 aromatic heterocycles. The van der Waals surface area contributed by atoms with Crippen LogP contribution < -0.4 is 20.5 Å². The summed E-state index contributed by atoms with van der Waals surface area (Å²) >= 11 is 6.26. The van der Waals surface area contributed by atoms with Crippen LogP contribution in [0, 0.1) is 0 Å². The fourth-order valence-electron chi connectivity index (χ4n) is 3.56. The van der Waals surface area contributed by atoms with Crippen LogP contribution in [-0.4, -0.2) is 42.5 Å². The standard InChI is InChI=1S/C20H20ClN3O4/c21-14-8-17-18(28-6-5-27-17)9-15(14)23-19(25)11-24-10-13-4-2-1-3-12(13)7-16(24)20(22)26/h1-4,8-9,16H,5-7,10-11H2,(H2,22,26)(H,23,25)/t16-/m0/s1. The largest absolute Gasteiger partial charge is 0.486 e. The van der Waals surface area contributed by atoms with E-state index in [9.17, 15) is 9.59 Å². The number of benzene rings is 2. The van der Waals surface area contributed by atoms with Crippen LogP contribution in [0.25, 0.3) is 0 Å². The summed E-state index contributed by atoms with van der Waals surface area (Å²) in [5.74, 6) is 0.354. The van der Waals surface area contributed by atoms with Gasteiger partial charge in [-0.15, -0.1) is 0 Å². The van der Waals surface area contributed by atoms with Crippen LogP contribution in [0.1, 0.15) is 11.1 Å². The average molecular weight is 402 g/mol. The van der Waals surface area contributed by atoms with Gasteiger partial charge in [-0.3, -0.25) is 14.5 Å². The number of carbonyl (C=O) groups excluding carboxylic acids is 2. The monoisotopic (exact) mass is 401 g/mol. The molecule has 1 atom stereocenters. The Morgan fingerprint density at radius 2 is 1.82 bits per heavy atom. The van der Waals surface area contributed by atoms with Gasteiger partial charge in [0.05, 0.1) is 23.3 Å². The fourth-order valence-corrected chi connectivity index (χ4v) is 3.76. The molecule has 2 amide bonds. The molecule has 2 aliphatic rings. The summed E-state index contributed by atoms with van der Waals surface area (Å²) in [6.45, 7) is 1.40. The van der Waals surface area contributed by atoms with Crippen molar-refractivity contribution in [1.82, 2.24) is 4.90 Å². The lowest BCUT2D eigenvalue weighted by Gasteiger charge is -2.34. The first kappa shape index (κ1) is 18.6. The molecule has 0 aliphatic carbocycles. The Morgan fingerprint density at radius 3 is 2.54 bits per heavy atom. The van der Waals surface area contributed by atoms with Crippen molar-refractivity contribution in [2.45, 2.75) is 19.0 Å². The van der Waals surface area contributed by atoms with Gasteiger partial charge >= 0.3 is 0 Å². The van der Waals surface area contributed by atoms with Crippen LogP contribution in [0.15, 0.2) is 36.4 Å². The number of nitrogens with zero attached hydrogens (tertiary/aromatic N) is 1. The third-order valence-electron chi connectivity index (χ3n) is 4.93. The molecule has 0 spiro atoms. The van der Waals surface area contributed by atoms with Crippen LogP contribution >= 0.6 is 11.6 Å². The topological polar surface area (TPSA) is 93.9 Å². The van der Waals surface area contributed by atoms with E-state index in [1.165, 1.54) is 0 Å². The number of primary amides is 1. The van der Waals surface area contributed by atoms with Crippen molar-refractivity contribution in [1.29, 1.82) is 0 Å². The Bertz CT molecular complexity index is 934. The first-order chi connectivity index (χ1) is 13.5. The molecule has 2 heterocycles.